The van der Waals surface area contributed by atoms with Gasteiger partial charge in [0.1, 0.15) is 0 Å². The average Bonchev–Trinajstić information content (AvgIpc) is 3.28. The second-order valence-corrected chi connectivity index (χ2v) is 9.70. The number of ether oxygens (including phenoxy) is 2. The van der Waals surface area contributed by atoms with Crippen LogP contribution in [0.5, 0.6) is 0 Å². The molecule has 2 fully saturated rings. The van der Waals surface area contributed by atoms with E-state index in [0.717, 1.165) is 92.4 Å². The maximum atomic E-state index is 12.4. The molecule has 4 aromatic rings. The first kappa shape index (κ1) is 23.2. The zero-order valence-corrected chi connectivity index (χ0v) is 20.7. The molecule has 0 bridgehead atoms. The van der Waals surface area contributed by atoms with Gasteiger partial charge < -0.3 is 25.1 Å². The molecule has 0 aliphatic carbocycles. The number of anilines is 1. The number of nitrogens with one attached hydrogen (secondary N) is 1. The Kier molecular flexibility index (Phi) is 6.27. The number of amides is 1. The van der Waals surface area contributed by atoms with Crippen LogP contribution in [0, 0.1) is 0 Å². The van der Waals surface area contributed by atoms with E-state index < -0.39 is 5.91 Å². The topological polar surface area (TPSA) is 96.7 Å². The zero-order valence-electron chi connectivity index (χ0n) is 19.9. The van der Waals surface area contributed by atoms with Gasteiger partial charge in [0.2, 0.25) is 0 Å². The van der Waals surface area contributed by atoms with E-state index in [9.17, 15) is 4.79 Å². The van der Waals surface area contributed by atoms with Crippen LogP contribution in [-0.2, 0) is 16.0 Å². The molecule has 9 heteroatoms. The smallest absolute Gasteiger partial charge is 0.250 e. The van der Waals surface area contributed by atoms with Gasteiger partial charge in [0.05, 0.1) is 54.2 Å². The number of H-pyrrole nitrogens is 1. The molecule has 0 spiro atoms. The second kappa shape index (κ2) is 9.71. The van der Waals surface area contributed by atoms with Gasteiger partial charge in [-0.3, -0.25) is 9.69 Å². The van der Waals surface area contributed by atoms with Crippen LogP contribution < -0.4 is 10.6 Å². The lowest BCUT2D eigenvalue weighted by Crippen LogP contribution is -2.36. The fourth-order valence-corrected chi connectivity index (χ4v) is 5.28. The van der Waals surface area contributed by atoms with E-state index in [1.807, 2.05) is 18.2 Å². The Labute approximate surface area is 213 Å². The Bertz CT molecular complexity index is 1440. The highest BCUT2D eigenvalue weighted by Gasteiger charge is 2.19. The van der Waals surface area contributed by atoms with Crippen molar-refractivity contribution in [2.45, 2.75) is 6.54 Å². The normalized spacial score (nSPS) is 17.2. The molecule has 36 heavy (non-hydrogen) atoms. The number of pyridine rings is 1. The number of aromatic nitrogens is 2. The number of nitrogens with zero attached hydrogens (tertiary/aromatic N) is 3. The van der Waals surface area contributed by atoms with Gasteiger partial charge >= 0.3 is 0 Å². The third kappa shape index (κ3) is 4.41. The van der Waals surface area contributed by atoms with Gasteiger partial charge in [-0.15, -0.1) is 0 Å². The summed E-state index contributed by atoms with van der Waals surface area (Å²) in [6, 6.07) is 14.0. The third-order valence-electron chi connectivity index (χ3n) is 7.03. The molecule has 0 unspecified atom stereocenters. The molecule has 6 rings (SSSR count). The highest BCUT2D eigenvalue weighted by Crippen LogP contribution is 2.33. The number of benzene rings is 2. The molecule has 0 radical (unpaired) electrons. The molecular formula is C27H28ClN5O3. The summed E-state index contributed by atoms with van der Waals surface area (Å²) in [7, 11) is 0. The van der Waals surface area contributed by atoms with Gasteiger partial charge in [-0.05, 0) is 35.9 Å². The van der Waals surface area contributed by atoms with Crippen LogP contribution in [0.25, 0.3) is 33.2 Å². The number of hydrogen-bond donors (Lipinski definition) is 2. The third-order valence-corrected chi connectivity index (χ3v) is 7.38. The van der Waals surface area contributed by atoms with Gasteiger partial charge in [-0.25, -0.2) is 4.98 Å². The summed E-state index contributed by atoms with van der Waals surface area (Å²) >= 11 is 6.69. The molecule has 2 aromatic carbocycles. The summed E-state index contributed by atoms with van der Waals surface area (Å²) in [5, 5.41) is 1.62. The Balaban J connectivity index is 1.39. The minimum absolute atomic E-state index is 0.410. The van der Waals surface area contributed by atoms with Crippen molar-refractivity contribution in [2.75, 3.05) is 57.5 Å². The predicted molar refractivity (Wildman–Crippen MR) is 142 cm³/mol. The van der Waals surface area contributed by atoms with Crippen molar-refractivity contribution < 1.29 is 14.3 Å². The molecule has 2 aliphatic heterocycles. The zero-order chi connectivity index (χ0) is 24.6. The van der Waals surface area contributed by atoms with Crippen LogP contribution in [0.3, 0.4) is 0 Å². The van der Waals surface area contributed by atoms with Crippen molar-refractivity contribution in [3.05, 3.63) is 58.6 Å². The Morgan fingerprint density at radius 1 is 1.00 bits per heavy atom. The molecule has 2 saturated heterocycles. The second-order valence-electron chi connectivity index (χ2n) is 9.29. The van der Waals surface area contributed by atoms with Crippen LogP contribution in [-0.4, -0.2) is 73.4 Å². The molecule has 4 heterocycles. The minimum Gasteiger partial charge on any atom is -0.379 e. The van der Waals surface area contributed by atoms with E-state index in [1.165, 1.54) is 0 Å². The van der Waals surface area contributed by atoms with Crippen molar-refractivity contribution in [2.24, 2.45) is 5.73 Å². The number of primary amides is 1. The number of aromatic amines is 1. The molecule has 2 aliphatic rings. The first-order valence-corrected chi connectivity index (χ1v) is 12.6. The van der Waals surface area contributed by atoms with E-state index in [0.29, 0.717) is 21.8 Å². The van der Waals surface area contributed by atoms with Crippen molar-refractivity contribution in [1.82, 2.24) is 14.9 Å². The van der Waals surface area contributed by atoms with Gasteiger partial charge in [0.15, 0.2) is 0 Å². The van der Waals surface area contributed by atoms with E-state index in [-0.39, 0.29) is 0 Å². The number of carbonyl (C=O) groups is 1. The fraction of sp³-hybridized carbons (Fsp3) is 0.333. The molecule has 3 N–H and O–H groups in total. The monoisotopic (exact) mass is 505 g/mol. The number of fused-ring (bicyclic) bond motifs is 3. The van der Waals surface area contributed by atoms with Crippen LogP contribution in [0.15, 0.2) is 42.5 Å². The van der Waals surface area contributed by atoms with Crippen LogP contribution in [0.1, 0.15) is 15.9 Å². The molecular weight excluding hydrogens is 478 g/mol. The van der Waals surface area contributed by atoms with Gasteiger partial charge in [-0.1, -0.05) is 23.7 Å². The maximum absolute atomic E-state index is 12.4. The summed E-state index contributed by atoms with van der Waals surface area (Å²) in [4.78, 5) is 25.4. The number of halogens is 1. The predicted octanol–water partition coefficient (Wildman–Crippen LogP) is 3.80. The highest BCUT2D eigenvalue weighted by atomic mass is 35.5. The Morgan fingerprint density at radius 3 is 2.47 bits per heavy atom. The van der Waals surface area contributed by atoms with Gasteiger partial charge in [0, 0.05) is 54.4 Å². The number of morpholine rings is 2. The van der Waals surface area contributed by atoms with Crippen LogP contribution in [0.2, 0.25) is 5.02 Å². The SMILES string of the molecule is NC(=O)c1cc(-c2ccc(CN3CCOCC3)c(Cl)c2)nc2c1[nH]c1cc(N3CCOCC3)ccc12. The molecule has 186 valence electrons. The van der Waals surface area contributed by atoms with Gasteiger partial charge in [0.25, 0.3) is 5.91 Å². The summed E-state index contributed by atoms with van der Waals surface area (Å²) < 4.78 is 10.9. The highest BCUT2D eigenvalue weighted by molar-refractivity contribution is 6.31. The van der Waals surface area contributed by atoms with Crippen molar-refractivity contribution >= 4 is 45.1 Å². The summed E-state index contributed by atoms with van der Waals surface area (Å²) in [5.41, 5.74) is 12.2. The number of hydrogen-bond acceptors (Lipinski definition) is 6. The average molecular weight is 506 g/mol. The molecule has 8 nitrogen and oxygen atoms in total. The van der Waals surface area contributed by atoms with Crippen molar-refractivity contribution in [3.8, 4) is 11.3 Å². The Morgan fingerprint density at radius 2 is 1.75 bits per heavy atom. The van der Waals surface area contributed by atoms with E-state index in [1.54, 1.807) is 6.07 Å². The standard InChI is InChI=1S/C27H28ClN5O3/c28-22-13-17(1-2-18(22)16-32-5-9-35-10-6-32)23-15-21(27(29)34)26-25(30-23)20-4-3-19(14-24(20)31-26)33-7-11-36-12-8-33/h1-4,13-15,31H,5-12,16H2,(H2,29,34). The minimum atomic E-state index is -0.501. The summed E-state index contributed by atoms with van der Waals surface area (Å²) in [6.45, 7) is 7.19. The first-order chi connectivity index (χ1) is 17.6. The van der Waals surface area contributed by atoms with E-state index in [4.69, 9.17) is 31.8 Å². The van der Waals surface area contributed by atoms with Crippen molar-refractivity contribution in [3.63, 3.8) is 0 Å². The van der Waals surface area contributed by atoms with Crippen LogP contribution in [0.4, 0.5) is 5.69 Å². The lowest BCUT2D eigenvalue weighted by atomic mass is 10.0. The Hall–Kier alpha value is -3.17. The van der Waals surface area contributed by atoms with Crippen LogP contribution >= 0.6 is 11.6 Å². The fourth-order valence-electron chi connectivity index (χ4n) is 5.04. The lowest BCUT2D eigenvalue weighted by Gasteiger charge is -2.28. The largest absolute Gasteiger partial charge is 0.379 e. The maximum Gasteiger partial charge on any atom is 0.250 e. The van der Waals surface area contributed by atoms with E-state index >= 15 is 0 Å². The quantitative estimate of drug-likeness (QED) is 0.428. The number of nitrogens with two attached hydrogens (primary N) is 1. The number of rotatable bonds is 5. The lowest BCUT2D eigenvalue weighted by molar-refractivity contribution is 0.0342. The van der Waals surface area contributed by atoms with Gasteiger partial charge in [-0.2, -0.15) is 0 Å². The molecule has 0 saturated carbocycles. The molecule has 2 aromatic heterocycles. The molecule has 0 atom stereocenters. The molecule has 1 amide bonds. The summed E-state index contributed by atoms with van der Waals surface area (Å²) in [6.07, 6.45) is 0. The van der Waals surface area contributed by atoms with Crippen molar-refractivity contribution in [1.29, 1.82) is 0 Å². The first-order valence-electron chi connectivity index (χ1n) is 12.2. The summed E-state index contributed by atoms with van der Waals surface area (Å²) in [5.74, 6) is -0.501. The van der Waals surface area contributed by atoms with E-state index in [2.05, 4.69) is 33.0 Å². The number of carbonyl (C=O) groups excluding carboxylic acids is 1.